The number of fused-ring (bicyclic) bond motifs is 1. The smallest absolute Gasteiger partial charge is 0.226 e. The van der Waals surface area contributed by atoms with E-state index in [1.807, 2.05) is 55.5 Å². The standard InChI is InChI=1S/C23H21N5O3/c1-15-20(24-23(31-15)16-6-3-2-4-7-16)14-29-18-11-10-17-13-30-21(19(17)12-18)8-5-9-22-25-27-28-26-22/h2-4,6-7,10-13H,5,8-9,14H2,1H3,(H,25,26,27,28). The highest BCUT2D eigenvalue weighted by Crippen LogP contribution is 2.28. The van der Waals surface area contributed by atoms with Gasteiger partial charge in [0.15, 0.2) is 5.82 Å². The molecule has 156 valence electrons. The fourth-order valence-corrected chi connectivity index (χ4v) is 3.47. The van der Waals surface area contributed by atoms with Gasteiger partial charge in [-0.15, -0.1) is 10.2 Å². The predicted octanol–water partition coefficient (Wildman–Crippen LogP) is 4.66. The Morgan fingerprint density at radius 2 is 1.97 bits per heavy atom. The van der Waals surface area contributed by atoms with Crippen LogP contribution in [0.15, 0.2) is 63.6 Å². The number of H-pyrrole nitrogens is 1. The number of aromatic nitrogens is 5. The zero-order chi connectivity index (χ0) is 21.0. The van der Waals surface area contributed by atoms with Crippen LogP contribution in [0.4, 0.5) is 0 Å². The number of oxazole rings is 1. The van der Waals surface area contributed by atoms with Crippen LogP contribution in [0, 0.1) is 6.92 Å². The molecule has 3 heterocycles. The molecule has 8 nitrogen and oxygen atoms in total. The monoisotopic (exact) mass is 415 g/mol. The molecule has 0 saturated heterocycles. The van der Waals surface area contributed by atoms with Crippen molar-refractivity contribution in [1.82, 2.24) is 25.6 Å². The van der Waals surface area contributed by atoms with Crippen LogP contribution in [0.1, 0.15) is 29.5 Å². The normalized spacial score (nSPS) is 11.3. The molecule has 1 N–H and O–H groups in total. The van der Waals surface area contributed by atoms with Crippen molar-refractivity contribution in [1.29, 1.82) is 0 Å². The molecule has 0 saturated carbocycles. The second-order valence-electron chi connectivity index (χ2n) is 7.27. The molecular formula is C23H21N5O3. The molecule has 0 radical (unpaired) electrons. The van der Waals surface area contributed by atoms with Crippen molar-refractivity contribution in [2.75, 3.05) is 0 Å². The maximum atomic E-state index is 6.02. The molecule has 0 bridgehead atoms. The largest absolute Gasteiger partial charge is 0.487 e. The van der Waals surface area contributed by atoms with Crippen molar-refractivity contribution in [3.8, 4) is 17.2 Å². The fourth-order valence-electron chi connectivity index (χ4n) is 3.47. The van der Waals surface area contributed by atoms with Gasteiger partial charge in [-0.25, -0.2) is 4.98 Å². The van der Waals surface area contributed by atoms with Crippen LogP contribution in [0.5, 0.6) is 5.75 Å². The molecule has 0 aliphatic heterocycles. The van der Waals surface area contributed by atoms with Crippen LogP contribution < -0.4 is 4.74 Å². The second-order valence-corrected chi connectivity index (χ2v) is 7.27. The maximum Gasteiger partial charge on any atom is 0.226 e. The number of tetrazole rings is 1. The average Bonchev–Trinajstić information content (AvgIpc) is 3.54. The molecule has 5 rings (SSSR count). The summed E-state index contributed by atoms with van der Waals surface area (Å²) in [4.78, 5) is 4.60. The minimum atomic E-state index is 0.332. The van der Waals surface area contributed by atoms with Crippen LogP contribution in [0.25, 0.3) is 22.2 Å². The van der Waals surface area contributed by atoms with Crippen LogP contribution in [-0.4, -0.2) is 25.6 Å². The number of benzene rings is 2. The third kappa shape index (κ3) is 4.18. The Bertz CT molecular complexity index is 1280. The summed E-state index contributed by atoms with van der Waals surface area (Å²) < 4.78 is 17.6. The Morgan fingerprint density at radius 3 is 2.81 bits per heavy atom. The predicted molar refractivity (Wildman–Crippen MR) is 113 cm³/mol. The van der Waals surface area contributed by atoms with Gasteiger partial charge >= 0.3 is 0 Å². The van der Waals surface area contributed by atoms with E-state index in [1.54, 1.807) is 6.26 Å². The van der Waals surface area contributed by atoms with E-state index in [9.17, 15) is 0 Å². The summed E-state index contributed by atoms with van der Waals surface area (Å²) in [5.74, 6) is 3.75. The van der Waals surface area contributed by atoms with Gasteiger partial charge in [0.05, 0.1) is 6.26 Å². The Morgan fingerprint density at radius 1 is 1.06 bits per heavy atom. The molecule has 0 atom stereocenters. The highest BCUT2D eigenvalue weighted by atomic mass is 16.5. The van der Waals surface area contributed by atoms with Gasteiger partial charge in [-0.3, -0.25) is 0 Å². The molecule has 0 unspecified atom stereocenters. The first kappa shape index (κ1) is 19.0. The number of aromatic amines is 1. The average molecular weight is 415 g/mol. The number of hydrogen-bond donors (Lipinski definition) is 1. The summed E-state index contributed by atoms with van der Waals surface area (Å²) in [5, 5.41) is 16.1. The van der Waals surface area contributed by atoms with Crippen LogP contribution in [0.3, 0.4) is 0 Å². The van der Waals surface area contributed by atoms with E-state index in [4.69, 9.17) is 13.6 Å². The molecule has 31 heavy (non-hydrogen) atoms. The summed E-state index contributed by atoms with van der Waals surface area (Å²) in [6, 6.07) is 15.8. The molecule has 3 aromatic heterocycles. The SMILES string of the molecule is Cc1oc(-c2ccccc2)nc1COc1ccc2coc(CCCc3nn[nH]n3)c2c1. The number of ether oxygens (including phenoxy) is 1. The number of nitrogens with one attached hydrogen (secondary N) is 1. The minimum absolute atomic E-state index is 0.332. The number of aryl methyl sites for hydroxylation is 3. The zero-order valence-electron chi connectivity index (χ0n) is 17.0. The van der Waals surface area contributed by atoms with Crippen molar-refractivity contribution in [3.63, 3.8) is 0 Å². The lowest BCUT2D eigenvalue weighted by Crippen LogP contribution is -1.97. The maximum absolute atomic E-state index is 6.02. The van der Waals surface area contributed by atoms with E-state index in [0.29, 0.717) is 18.3 Å². The number of furan rings is 1. The van der Waals surface area contributed by atoms with E-state index in [2.05, 4.69) is 25.6 Å². The second kappa shape index (κ2) is 8.43. The quantitative estimate of drug-likeness (QED) is 0.393. The lowest BCUT2D eigenvalue weighted by Gasteiger charge is -2.05. The third-order valence-corrected chi connectivity index (χ3v) is 5.14. The molecule has 0 spiro atoms. The molecule has 0 amide bonds. The van der Waals surface area contributed by atoms with Gasteiger partial charge in [0, 0.05) is 29.2 Å². The van der Waals surface area contributed by atoms with Gasteiger partial charge in [0.25, 0.3) is 0 Å². The summed E-state index contributed by atoms with van der Waals surface area (Å²) in [6.45, 7) is 2.23. The topological polar surface area (TPSA) is 103 Å². The molecule has 0 fully saturated rings. The molecular weight excluding hydrogens is 394 g/mol. The molecule has 2 aromatic carbocycles. The van der Waals surface area contributed by atoms with Crippen LogP contribution in [-0.2, 0) is 19.4 Å². The highest BCUT2D eigenvalue weighted by Gasteiger charge is 2.13. The fraction of sp³-hybridized carbons (Fsp3) is 0.217. The summed E-state index contributed by atoms with van der Waals surface area (Å²) >= 11 is 0. The Balaban J connectivity index is 1.27. The number of rotatable bonds is 8. The van der Waals surface area contributed by atoms with Crippen molar-refractivity contribution < 1.29 is 13.6 Å². The van der Waals surface area contributed by atoms with Crippen molar-refractivity contribution in [2.24, 2.45) is 0 Å². The van der Waals surface area contributed by atoms with E-state index < -0.39 is 0 Å². The third-order valence-electron chi connectivity index (χ3n) is 5.14. The van der Waals surface area contributed by atoms with Crippen molar-refractivity contribution >= 4 is 10.8 Å². The van der Waals surface area contributed by atoms with Gasteiger partial charge in [-0.05, 0) is 43.7 Å². The van der Waals surface area contributed by atoms with Gasteiger partial charge in [0.1, 0.15) is 29.6 Å². The first-order chi connectivity index (χ1) is 15.3. The summed E-state index contributed by atoms with van der Waals surface area (Å²) in [6.07, 6.45) is 4.17. The molecule has 0 aliphatic carbocycles. The lowest BCUT2D eigenvalue weighted by atomic mass is 10.1. The molecule has 5 aromatic rings. The zero-order valence-corrected chi connectivity index (χ0v) is 17.0. The van der Waals surface area contributed by atoms with Crippen LogP contribution >= 0.6 is 0 Å². The first-order valence-electron chi connectivity index (χ1n) is 10.1. The number of nitrogens with zero attached hydrogens (tertiary/aromatic N) is 4. The van der Waals surface area contributed by atoms with E-state index in [0.717, 1.165) is 58.6 Å². The van der Waals surface area contributed by atoms with Gasteiger partial charge in [0.2, 0.25) is 5.89 Å². The van der Waals surface area contributed by atoms with Gasteiger partial charge in [-0.1, -0.05) is 23.4 Å². The Hall–Kier alpha value is -3.94. The van der Waals surface area contributed by atoms with Crippen LogP contribution in [0.2, 0.25) is 0 Å². The Kier molecular flexibility index (Phi) is 5.18. The molecule has 0 aliphatic rings. The van der Waals surface area contributed by atoms with E-state index >= 15 is 0 Å². The van der Waals surface area contributed by atoms with Crippen molar-refractivity contribution in [3.05, 3.63) is 77.8 Å². The summed E-state index contributed by atoms with van der Waals surface area (Å²) in [5.41, 5.74) is 1.73. The van der Waals surface area contributed by atoms with E-state index in [-0.39, 0.29) is 0 Å². The first-order valence-corrected chi connectivity index (χ1v) is 10.1. The highest BCUT2D eigenvalue weighted by molar-refractivity contribution is 5.85. The van der Waals surface area contributed by atoms with E-state index in [1.165, 1.54) is 0 Å². The van der Waals surface area contributed by atoms with Gasteiger partial charge in [-0.2, -0.15) is 5.21 Å². The minimum Gasteiger partial charge on any atom is -0.487 e. The lowest BCUT2D eigenvalue weighted by molar-refractivity contribution is 0.300. The summed E-state index contributed by atoms with van der Waals surface area (Å²) in [7, 11) is 0. The van der Waals surface area contributed by atoms with Crippen molar-refractivity contribution in [2.45, 2.75) is 32.8 Å². The number of hydrogen-bond acceptors (Lipinski definition) is 7. The van der Waals surface area contributed by atoms with Gasteiger partial charge < -0.3 is 13.6 Å². The Labute approximate surface area is 178 Å². The molecule has 8 heteroatoms.